The molecular weight excluding hydrogens is 254 g/mol. The maximum atomic E-state index is 11.3. The number of ether oxygens (including phenoxy) is 1. The minimum Gasteiger partial charge on any atom is -0.478 e. The molecule has 1 N–H and O–H groups in total. The first-order chi connectivity index (χ1) is 8.63. The summed E-state index contributed by atoms with van der Waals surface area (Å²) >= 11 is 1.21. The summed E-state index contributed by atoms with van der Waals surface area (Å²) in [5.74, 6) is -1.49. The second kappa shape index (κ2) is 4.97. The number of methoxy groups -OCH3 is 1. The van der Waals surface area contributed by atoms with Gasteiger partial charge in [-0.05, 0) is 23.1 Å². The number of esters is 1. The fraction of sp³-hybridized carbons (Fsp3) is 0.0833. The van der Waals surface area contributed by atoms with Gasteiger partial charge in [-0.1, -0.05) is 0 Å². The van der Waals surface area contributed by atoms with Crippen LogP contribution in [0, 0.1) is 0 Å². The molecule has 0 radical (unpaired) electrons. The van der Waals surface area contributed by atoms with Gasteiger partial charge in [0.15, 0.2) is 0 Å². The molecule has 0 amide bonds. The second-order valence-corrected chi connectivity index (χ2v) is 4.33. The predicted octanol–water partition coefficient (Wildman–Crippen LogP) is 2.29. The fourth-order valence-electron chi connectivity index (χ4n) is 1.50. The van der Waals surface area contributed by atoms with E-state index in [9.17, 15) is 9.59 Å². The van der Waals surface area contributed by atoms with Crippen LogP contribution in [-0.2, 0) is 4.74 Å². The summed E-state index contributed by atoms with van der Waals surface area (Å²) in [5, 5.41) is 10.8. The Balaban J connectivity index is 2.46. The van der Waals surface area contributed by atoms with E-state index >= 15 is 0 Å². The van der Waals surface area contributed by atoms with Gasteiger partial charge in [0.25, 0.3) is 0 Å². The molecule has 2 aromatic rings. The number of carboxylic acid groups (broad SMARTS) is 1. The Kier molecular flexibility index (Phi) is 3.38. The van der Waals surface area contributed by atoms with Crippen LogP contribution in [0.3, 0.4) is 0 Å². The lowest BCUT2D eigenvalue weighted by Gasteiger charge is -2.02. The molecule has 2 aromatic heterocycles. The number of thiophene rings is 1. The van der Waals surface area contributed by atoms with Crippen LogP contribution in [0.4, 0.5) is 0 Å². The summed E-state index contributed by atoms with van der Waals surface area (Å²) in [6.07, 6.45) is 2.80. The van der Waals surface area contributed by atoms with Crippen LogP contribution in [0.25, 0.3) is 11.1 Å². The molecule has 0 atom stereocenters. The third-order valence-electron chi connectivity index (χ3n) is 2.35. The minimum atomic E-state index is -1.05. The van der Waals surface area contributed by atoms with Crippen molar-refractivity contribution in [3.8, 4) is 11.1 Å². The zero-order valence-electron chi connectivity index (χ0n) is 9.41. The highest BCUT2D eigenvalue weighted by atomic mass is 32.1. The lowest BCUT2D eigenvalue weighted by molar-refractivity contribution is 0.0605. The van der Waals surface area contributed by atoms with Gasteiger partial charge in [-0.25, -0.2) is 9.59 Å². The molecule has 5 nitrogen and oxygen atoms in total. The number of carbonyl (C=O) groups excluding carboxylic acids is 1. The summed E-state index contributed by atoms with van der Waals surface area (Å²) in [6, 6.07) is 3.21. The van der Waals surface area contributed by atoms with Crippen LogP contribution in [0.1, 0.15) is 20.0 Å². The van der Waals surface area contributed by atoms with Crippen LogP contribution >= 0.6 is 11.3 Å². The number of carboxylic acids is 1. The summed E-state index contributed by atoms with van der Waals surface area (Å²) in [6.45, 7) is 0. The quantitative estimate of drug-likeness (QED) is 0.860. The molecule has 0 aliphatic rings. The number of rotatable bonds is 3. The lowest BCUT2D eigenvalue weighted by atomic mass is 10.0. The molecule has 2 heterocycles. The fourth-order valence-corrected chi connectivity index (χ4v) is 2.33. The highest BCUT2D eigenvalue weighted by molar-refractivity contribution is 7.12. The molecule has 0 bridgehead atoms. The van der Waals surface area contributed by atoms with E-state index in [0.29, 0.717) is 16.0 Å². The number of carbonyl (C=O) groups is 2. The number of aromatic nitrogens is 1. The maximum Gasteiger partial charge on any atom is 0.348 e. The van der Waals surface area contributed by atoms with Gasteiger partial charge in [-0.2, -0.15) is 0 Å². The van der Waals surface area contributed by atoms with Crippen molar-refractivity contribution in [3.63, 3.8) is 0 Å². The third kappa shape index (κ3) is 2.23. The smallest absolute Gasteiger partial charge is 0.348 e. The number of aromatic carboxylic acids is 1. The van der Waals surface area contributed by atoms with E-state index in [-0.39, 0.29) is 5.56 Å². The molecule has 0 aromatic carbocycles. The predicted molar refractivity (Wildman–Crippen MR) is 65.8 cm³/mol. The Morgan fingerprint density at radius 3 is 2.89 bits per heavy atom. The van der Waals surface area contributed by atoms with Gasteiger partial charge in [0, 0.05) is 18.0 Å². The Labute approximate surface area is 107 Å². The van der Waals surface area contributed by atoms with E-state index in [1.165, 1.54) is 30.8 Å². The average Bonchev–Trinajstić information content (AvgIpc) is 2.87. The normalized spacial score (nSPS) is 10.1. The van der Waals surface area contributed by atoms with E-state index in [4.69, 9.17) is 5.11 Å². The van der Waals surface area contributed by atoms with E-state index in [2.05, 4.69) is 9.72 Å². The zero-order valence-corrected chi connectivity index (χ0v) is 10.2. The molecule has 0 saturated carbocycles. The molecule has 18 heavy (non-hydrogen) atoms. The standard InChI is InChI=1S/C12H9NO4S/c1-17-12(16)10-4-7(6-18-10)8-2-3-13-5-9(8)11(14)15/h2-6H,1H3,(H,14,15). The third-order valence-corrected chi connectivity index (χ3v) is 3.26. The monoisotopic (exact) mass is 263 g/mol. The first-order valence-corrected chi connectivity index (χ1v) is 5.86. The van der Waals surface area contributed by atoms with Crippen molar-refractivity contribution < 1.29 is 19.4 Å². The molecule has 0 aliphatic carbocycles. The van der Waals surface area contributed by atoms with E-state index in [1.807, 2.05) is 0 Å². The molecule has 6 heteroatoms. The Morgan fingerprint density at radius 1 is 1.44 bits per heavy atom. The van der Waals surface area contributed by atoms with Gasteiger partial charge >= 0.3 is 11.9 Å². The van der Waals surface area contributed by atoms with Crippen LogP contribution in [-0.4, -0.2) is 29.1 Å². The molecule has 0 aliphatic heterocycles. The molecule has 0 unspecified atom stereocenters. The van der Waals surface area contributed by atoms with Crippen molar-refractivity contribution in [1.82, 2.24) is 4.98 Å². The highest BCUT2D eigenvalue weighted by Gasteiger charge is 2.15. The van der Waals surface area contributed by atoms with Crippen molar-refractivity contribution in [3.05, 3.63) is 40.3 Å². The molecular formula is C12H9NO4S. The first-order valence-electron chi connectivity index (χ1n) is 4.98. The summed E-state index contributed by atoms with van der Waals surface area (Å²) in [4.78, 5) is 26.6. The Hall–Kier alpha value is -2.21. The summed E-state index contributed by atoms with van der Waals surface area (Å²) < 4.78 is 4.61. The number of hydrogen-bond acceptors (Lipinski definition) is 5. The molecule has 92 valence electrons. The van der Waals surface area contributed by atoms with Gasteiger partial charge in [-0.15, -0.1) is 11.3 Å². The van der Waals surface area contributed by atoms with E-state index in [0.717, 1.165) is 0 Å². The van der Waals surface area contributed by atoms with E-state index in [1.54, 1.807) is 17.5 Å². The highest BCUT2D eigenvalue weighted by Crippen LogP contribution is 2.28. The number of nitrogens with zero attached hydrogens (tertiary/aromatic N) is 1. The van der Waals surface area contributed by atoms with Gasteiger partial charge in [0.05, 0.1) is 12.7 Å². The lowest BCUT2D eigenvalue weighted by Crippen LogP contribution is -2.00. The first kappa shape index (κ1) is 12.3. The zero-order chi connectivity index (χ0) is 13.1. The molecule has 0 spiro atoms. The number of pyridine rings is 1. The van der Waals surface area contributed by atoms with Crippen LogP contribution in [0.15, 0.2) is 29.9 Å². The molecule has 0 fully saturated rings. The molecule has 0 saturated heterocycles. The van der Waals surface area contributed by atoms with Crippen molar-refractivity contribution >= 4 is 23.3 Å². The molecule has 2 rings (SSSR count). The SMILES string of the molecule is COC(=O)c1cc(-c2ccncc2C(=O)O)cs1. The topological polar surface area (TPSA) is 76.5 Å². The van der Waals surface area contributed by atoms with Crippen molar-refractivity contribution in [1.29, 1.82) is 0 Å². The van der Waals surface area contributed by atoms with Gasteiger partial charge in [0.1, 0.15) is 4.88 Å². The van der Waals surface area contributed by atoms with E-state index < -0.39 is 11.9 Å². The maximum absolute atomic E-state index is 11.3. The van der Waals surface area contributed by atoms with Crippen LogP contribution < -0.4 is 0 Å². The second-order valence-electron chi connectivity index (χ2n) is 3.42. The summed E-state index contributed by atoms with van der Waals surface area (Å²) in [7, 11) is 1.30. The van der Waals surface area contributed by atoms with Gasteiger partial charge < -0.3 is 9.84 Å². The number of hydrogen-bond donors (Lipinski definition) is 1. The minimum absolute atomic E-state index is 0.103. The summed E-state index contributed by atoms with van der Waals surface area (Å²) in [5.41, 5.74) is 1.30. The van der Waals surface area contributed by atoms with Gasteiger partial charge in [0.2, 0.25) is 0 Å². The van der Waals surface area contributed by atoms with Crippen molar-refractivity contribution in [2.24, 2.45) is 0 Å². The average molecular weight is 263 g/mol. The van der Waals surface area contributed by atoms with Crippen molar-refractivity contribution in [2.45, 2.75) is 0 Å². The van der Waals surface area contributed by atoms with Crippen molar-refractivity contribution in [2.75, 3.05) is 7.11 Å². The Morgan fingerprint density at radius 2 is 2.22 bits per heavy atom. The Bertz CT molecular complexity index is 606. The van der Waals surface area contributed by atoms with Crippen LogP contribution in [0.2, 0.25) is 0 Å². The van der Waals surface area contributed by atoms with Crippen LogP contribution in [0.5, 0.6) is 0 Å². The van der Waals surface area contributed by atoms with Gasteiger partial charge in [-0.3, -0.25) is 4.98 Å². The largest absolute Gasteiger partial charge is 0.478 e.